The summed E-state index contributed by atoms with van der Waals surface area (Å²) in [6.45, 7) is 9.93. The van der Waals surface area contributed by atoms with Crippen molar-refractivity contribution in [1.82, 2.24) is 4.98 Å². The summed E-state index contributed by atoms with van der Waals surface area (Å²) in [6, 6.07) is 3.08. The second kappa shape index (κ2) is 5.38. The van der Waals surface area contributed by atoms with E-state index in [0.717, 1.165) is 12.1 Å². The van der Waals surface area contributed by atoms with Crippen LogP contribution in [0.15, 0.2) is 12.1 Å². The highest BCUT2D eigenvalue weighted by Gasteiger charge is 2.20. The normalized spacial score (nSPS) is 13.2. The molecule has 0 aliphatic rings. The number of aromatic nitrogens is 1. The van der Waals surface area contributed by atoms with Crippen LogP contribution < -0.4 is 4.74 Å². The van der Waals surface area contributed by atoms with Gasteiger partial charge in [-0.25, -0.2) is 9.78 Å². The summed E-state index contributed by atoms with van der Waals surface area (Å²) in [5.41, 5.74) is 0.730. The van der Waals surface area contributed by atoms with Gasteiger partial charge in [-0.3, -0.25) is 0 Å². The lowest BCUT2D eigenvalue weighted by Gasteiger charge is -2.20. The molecule has 0 saturated carbocycles. The molecule has 1 N–H and O–H groups in total. The maximum atomic E-state index is 11.1. The highest BCUT2D eigenvalue weighted by Crippen LogP contribution is 2.24. The van der Waals surface area contributed by atoms with Gasteiger partial charge >= 0.3 is 5.97 Å². The number of ether oxygens (including phenoxy) is 1. The topological polar surface area (TPSA) is 59.4 Å². The van der Waals surface area contributed by atoms with Gasteiger partial charge in [0.05, 0.1) is 17.4 Å². The lowest BCUT2D eigenvalue weighted by atomic mass is 9.91. The molecule has 1 unspecified atom stereocenters. The van der Waals surface area contributed by atoms with E-state index in [1.807, 2.05) is 34.6 Å². The molecule has 0 aliphatic carbocycles. The number of carboxylic acid groups (broad SMARTS) is 1. The van der Waals surface area contributed by atoms with Crippen LogP contribution in [0.2, 0.25) is 0 Å². The number of carboxylic acids is 1. The van der Waals surface area contributed by atoms with Crippen molar-refractivity contribution in [3.8, 4) is 5.88 Å². The minimum atomic E-state index is -0.961. The third-order valence-electron chi connectivity index (χ3n) is 2.71. The molecule has 100 valence electrons. The Labute approximate surface area is 108 Å². The second-order valence-corrected chi connectivity index (χ2v) is 5.47. The molecule has 0 aliphatic heterocycles. The highest BCUT2D eigenvalue weighted by molar-refractivity contribution is 5.88. The molecule has 1 aromatic rings. The molecule has 4 heteroatoms. The summed E-state index contributed by atoms with van der Waals surface area (Å²) in [4.78, 5) is 15.5. The Morgan fingerprint density at radius 2 is 2.06 bits per heavy atom. The molecule has 4 nitrogen and oxygen atoms in total. The van der Waals surface area contributed by atoms with Crippen molar-refractivity contribution in [2.45, 2.75) is 52.6 Å². The van der Waals surface area contributed by atoms with Crippen LogP contribution in [0.25, 0.3) is 0 Å². The third-order valence-corrected chi connectivity index (χ3v) is 2.71. The number of pyridine rings is 1. The fourth-order valence-electron chi connectivity index (χ4n) is 1.36. The molecule has 0 spiro atoms. The van der Waals surface area contributed by atoms with E-state index in [1.165, 1.54) is 6.07 Å². The Hall–Kier alpha value is -1.58. The summed E-state index contributed by atoms with van der Waals surface area (Å²) in [7, 11) is 0. The van der Waals surface area contributed by atoms with Crippen molar-refractivity contribution in [3.05, 3.63) is 23.4 Å². The Morgan fingerprint density at radius 3 is 2.50 bits per heavy atom. The van der Waals surface area contributed by atoms with Crippen molar-refractivity contribution < 1.29 is 14.6 Å². The van der Waals surface area contributed by atoms with Gasteiger partial charge in [-0.05, 0) is 19.4 Å². The maximum Gasteiger partial charge on any atom is 0.335 e. The molecule has 18 heavy (non-hydrogen) atoms. The summed E-state index contributed by atoms with van der Waals surface area (Å²) in [5, 5.41) is 9.11. The van der Waals surface area contributed by atoms with E-state index in [9.17, 15) is 4.79 Å². The number of aromatic carboxylic acids is 1. The number of nitrogens with zero attached hydrogens (tertiary/aromatic N) is 1. The predicted molar refractivity (Wildman–Crippen MR) is 70.3 cm³/mol. The van der Waals surface area contributed by atoms with Crippen LogP contribution in [0.1, 0.15) is 57.1 Å². The van der Waals surface area contributed by atoms with Crippen LogP contribution in [0.4, 0.5) is 0 Å². The van der Waals surface area contributed by atoms with Gasteiger partial charge in [0.25, 0.3) is 0 Å². The smallest absolute Gasteiger partial charge is 0.335 e. The van der Waals surface area contributed by atoms with Gasteiger partial charge in [0.15, 0.2) is 0 Å². The Morgan fingerprint density at radius 1 is 1.44 bits per heavy atom. The van der Waals surface area contributed by atoms with E-state index < -0.39 is 5.97 Å². The van der Waals surface area contributed by atoms with Gasteiger partial charge in [-0.1, -0.05) is 27.7 Å². The van der Waals surface area contributed by atoms with Gasteiger partial charge in [0.1, 0.15) is 0 Å². The van der Waals surface area contributed by atoms with Crippen molar-refractivity contribution >= 4 is 5.97 Å². The molecule has 0 bridgehead atoms. The highest BCUT2D eigenvalue weighted by atomic mass is 16.5. The first-order valence-corrected chi connectivity index (χ1v) is 6.16. The van der Waals surface area contributed by atoms with Crippen LogP contribution in [0.5, 0.6) is 5.88 Å². The minimum absolute atomic E-state index is 0.0226. The first-order chi connectivity index (χ1) is 8.24. The maximum absolute atomic E-state index is 11.1. The van der Waals surface area contributed by atoms with Gasteiger partial charge in [0.2, 0.25) is 5.88 Å². The quantitative estimate of drug-likeness (QED) is 0.892. The Balaban J connectivity index is 3.18. The zero-order valence-electron chi connectivity index (χ0n) is 11.7. The van der Waals surface area contributed by atoms with Gasteiger partial charge in [0, 0.05) is 11.5 Å². The summed E-state index contributed by atoms with van der Waals surface area (Å²) < 4.78 is 5.62. The van der Waals surface area contributed by atoms with Crippen LogP contribution in [0.3, 0.4) is 0 Å². The number of hydrogen-bond acceptors (Lipinski definition) is 3. The van der Waals surface area contributed by atoms with Gasteiger partial charge < -0.3 is 9.84 Å². The summed E-state index contributed by atoms with van der Waals surface area (Å²) in [5.74, 6) is -0.578. The molecule has 0 radical (unpaired) electrons. The predicted octanol–water partition coefficient (Wildman–Crippen LogP) is 3.25. The first-order valence-electron chi connectivity index (χ1n) is 6.16. The zero-order valence-corrected chi connectivity index (χ0v) is 11.7. The lowest BCUT2D eigenvalue weighted by Crippen LogP contribution is -2.18. The molecule has 0 aromatic carbocycles. The van der Waals surface area contributed by atoms with Crippen molar-refractivity contribution in [3.63, 3.8) is 0 Å². The van der Waals surface area contributed by atoms with E-state index in [1.54, 1.807) is 6.07 Å². The lowest BCUT2D eigenvalue weighted by molar-refractivity contribution is 0.0695. The van der Waals surface area contributed by atoms with Crippen molar-refractivity contribution in [1.29, 1.82) is 0 Å². The first kappa shape index (κ1) is 14.5. The fraction of sp³-hybridized carbons (Fsp3) is 0.571. The van der Waals surface area contributed by atoms with E-state index in [4.69, 9.17) is 9.84 Å². The standard InChI is InChI=1S/C14H21NO3/c1-6-9(2)18-12-8-10(13(16)17)7-11(15-12)14(3,4)5/h7-9H,6H2,1-5H3,(H,16,17). The SMILES string of the molecule is CCC(C)Oc1cc(C(=O)O)cc(C(C)(C)C)n1. The minimum Gasteiger partial charge on any atom is -0.478 e. The molecule has 1 rings (SSSR count). The van der Waals surface area contributed by atoms with Gasteiger partial charge in [-0.15, -0.1) is 0 Å². The molecule has 0 amide bonds. The number of carbonyl (C=O) groups is 1. The molecule has 1 heterocycles. The van der Waals surface area contributed by atoms with E-state index in [0.29, 0.717) is 5.88 Å². The average molecular weight is 251 g/mol. The van der Waals surface area contributed by atoms with Crippen LogP contribution in [-0.2, 0) is 5.41 Å². The largest absolute Gasteiger partial charge is 0.478 e. The Bertz CT molecular complexity index is 435. The van der Waals surface area contributed by atoms with Crippen LogP contribution in [0, 0.1) is 0 Å². The van der Waals surface area contributed by atoms with E-state index in [2.05, 4.69) is 4.98 Å². The molecule has 0 fully saturated rings. The monoisotopic (exact) mass is 251 g/mol. The number of hydrogen-bond donors (Lipinski definition) is 1. The van der Waals surface area contributed by atoms with Crippen LogP contribution >= 0.6 is 0 Å². The van der Waals surface area contributed by atoms with Crippen LogP contribution in [-0.4, -0.2) is 22.2 Å². The average Bonchev–Trinajstić information content (AvgIpc) is 2.27. The van der Waals surface area contributed by atoms with E-state index >= 15 is 0 Å². The summed E-state index contributed by atoms with van der Waals surface area (Å²) in [6.07, 6.45) is 0.874. The zero-order chi connectivity index (χ0) is 13.9. The third kappa shape index (κ3) is 3.72. The fourth-order valence-corrected chi connectivity index (χ4v) is 1.36. The second-order valence-electron chi connectivity index (χ2n) is 5.47. The molecular formula is C14H21NO3. The molecule has 0 saturated heterocycles. The molecule has 1 aromatic heterocycles. The molecular weight excluding hydrogens is 230 g/mol. The number of rotatable bonds is 4. The Kier molecular flexibility index (Phi) is 4.33. The van der Waals surface area contributed by atoms with Crippen molar-refractivity contribution in [2.24, 2.45) is 0 Å². The summed E-state index contributed by atoms with van der Waals surface area (Å²) >= 11 is 0. The van der Waals surface area contributed by atoms with Crippen molar-refractivity contribution in [2.75, 3.05) is 0 Å². The van der Waals surface area contributed by atoms with Gasteiger partial charge in [-0.2, -0.15) is 0 Å². The molecule has 1 atom stereocenters. The van der Waals surface area contributed by atoms with E-state index in [-0.39, 0.29) is 17.1 Å².